The maximum Gasteiger partial charge on any atom is 0.0478 e. The molecule has 0 fully saturated rings. The molecule has 0 aliphatic rings. The first-order valence-corrected chi connectivity index (χ1v) is 6.20. The Morgan fingerprint density at radius 2 is 1.82 bits per heavy atom. The zero-order valence-electron chi connectivity index (χ0n) is 10.6. The maximum absolute atomic E-state index is 2.38. The smallest absolute Gasteiger partial charge is 0.0478 e. The molecule has 1 heteroatoms. The first-order chi connectivity index (χ1) is 8.35. The zero-order chi connectivity index (χ0) is 12.1. The molecule has 0 amide bonds. The summed E-state index contributed by atoms with van der Waals surface area (Å²) in [6.45, 7) is 5.22. The largest absolute Gasteiger partial charge is 0.341 e. The Morgan fingerprint density at radius 1 is 1.06 bits per heavy atom. The molecule has 0 saturated carbocycles. The molecule has 2 aromatic rings. The highest BCUT2D eigenvalue weighted by Crippen LogP contribution is 2.14. The quantitative estimate of drug-likeness (QED) is 0.737. The molecule has 0 atom stereocenters. The summed E-state index contributed by atoms with van der Waals surface area (Å²) in [6, 6.07) is 15.0. The van der Waals surface area contributed by atoms with Crippen molar-refractivity contribution in [2.45, 2.75) is 26.8 Å². The zero-order valence-corrected chi connectivity index (χ0v) is 10.6. The summed E-state index contributed by atoms with van der Waals surface area (Å²) in [5.41, 5.74) is 4.03. The number of hydrogen-bond donors (Lipinski definition) is 0. The van der Waals surface area contributed by atoms with E-state index in [0.29, 0.717) is 0 Å². The number of rotatable bonds is 4. The second kappa shape index (κ2) is 5.53. The summed E-state index contributed by atoms with van der Waals surface area (Å²) in [4.78, 5) is 0. The van der Waals surface area contributed by atoms with Gasteiger partial charge in [-0.05, 0) is 37.1 Å². The fraction of sp³-hybridized carbons (Fsp3) is 0.250. The van der Waals surface area contributed by atoms with Crippen molar-refractivity contribution in [2.75, 3.05) is 0 Å². The molecule has 0 N–H and O–H groups in total. The summed E-state index contributed by atoms with van der Waals surface area (Å²) in [6.07, 6.45) is 5.34. The highest BCUT2D eigenvalue weighted by Gasteiger charge is 2.04. The number of aryl methyl sites for hydroxylation is 1. The third-order valence-corrected chi connectivity index (χ3v) is 2.99. The van der Waals surface area contributed by atoms with Crippen LogP contribution in [0.3, 0.4) is 0 Å². The number of hydrogen-bond acceptors (Lipinski definition) is 0. The fourth-order valence-corrected chi connectivity index (χ4v) is 2.11. The average Bonchev–Trinajstić information content (AvgIpc) is 2.74. The molecule has 0 unspecified atom stereocenters. The Balaban J connectivity index is 2.33. The van der Waals surface area contributed by atoms with Crippen LogP contribution in [-0.2, 0) is 13.0 Å². The van der Waals surface area contributed by atoms with Crippen molar-refractivity contribution in [3.05, 3.63) is 65.5 Å². The summed E-state index contributed by atoms with van der Waals surface area (Å²) in [5, 5.41) is 0. The van der Waals surface area contributed by atoms with Gasteiger partial charge in [-0.1, -0.05) is 43.3 Å². The first-order valence-electron chi connectivity index (χ1n) is 6.20. The van der Waals surface area contributed by atoms with E-state index in [4.69, 9.17) is 0 Å². The van der Waals surface area contributed by atoms with Gasteiger partial charge in [0.25, 0.3) is 0 Å². The molecule has 1 nitrogen and oxygen atoms in total. The minimum absolute atomic E-state index is 0.955. The maximum atomic E-state index is 2.38. The molecule has 0 radical (unpaired) electrons. The molecule has 88 valence electrons. The average molecular weight is 225 g/mol. The monoisotopic (exact) mass is 225 g/mol. The molecule has 17 heavy (non-hydrogen) atoms. The van der Waals surface area contributed by atoms with E-state index < -0.39 is 0 Å². The van der Waals surface area contributed by atoms with Crippen molar-refractivity contribution in [3.8, 4) is 0 Å². The lowest BCUT2D eigenvalue weighted by Gasteiger charge is -2.11. The van der Waals surface area contributed by atoms with E-state index in [1.807, 2.05) is 0 Å². The van der Waals surface area contributed by atoms with Crippen molar-refractivity contribution in [1.29, 1.82) is 0 Å². The van der Waals surface area contributed by atoms with Gasteiger partial charge in [-0.2, -0.15) is 0 Å². The van der Waals surface area contributed by atoms with Crippen LogP contribution in [0, 0.1) is 0 Å². The van der Waals surface area contributed by atoms with Gasteiger partial charge in [0.2, 0.25) is 0 Å². The number of benzene rings is 1. The molecule has 0 saturated heterocycles. The highest BCUT2D eigenvalue weighted by molar-refractivity contribution is 5.46. The fourth-order valence-electron chi connectivity index (χ4n) is 2.11. The summed E-state index contributed by atoms with van der Waals surface area (Å²) in [5.74, 6) is 0. The molecular weight excluding hydrogens is 206 g/mol. The summed E-state index contributed by atoms with van der Waals surface area (Å²) in [7, 11) is 0. The lowest BCUT2D eigenvalue weighted by atomic mass is 10.2. The van der Waals surface area contributed by atoms with Gasteiger partial charge < -0.3 is 4.57 Å². The van der Waals surface area contributed by atoms with Crippen molar-refractivity contribution >= 4 is 6.08 Å². The van der Waals surface area contributed by atoms with Crippen LogP contribution < -0.4 is 0 Å². The van der Waals surface area contributed by atoms with Gasteiger partial charge in [0.15, 0.2) is 0 Å². The van der Waals surface area contributed by atoms with Gasteiger partial charge in [0.05, 0.1) is 0 Å². The molecule has 0 bridgehead atoms. The van der Waals surface area contributed by atoms with Gasteiger partial charge >= 0.3 is 0 Å². The molecular formula is C16H19N. The van der Waals surface area contributed by atoms with Crippen LogP contribution in [0.25, 0.3) is 6.08 Å². The van der Waals surface area contributed by atoms with Crippen molar-refractivity contribution in [1.82, 2.24) is 4.57 Å². The molecule has 1 aromatic carbocycles. The Hall–Kier alpha value is -1.76. The Bertz CT molecular complexity index is 491. The topological polar surface area (TPSA) is 4.93 Å². The molecule has 2 rings (SSSR count). The molecule has 0 aliphatic heterocycles. The van der Waals surface area contributed by atoms with E-state index in [9.17, 15) is 0 Å². The molecule has 1 heterocycles. The highest BCUT2D eigenvalue weighted by atomic mass is 15.0. The van der Waals surface area contributed by atoms with Crippen molar-refractivity contribution in [3.63, 3.8) is 0 Å². The van der Waals surface area contributed by atoms with Gasteiger partial charge in [-0.25, -0.2) is 0 Å². The third-order valence-electron chi connectivity index (χ3n) is 2.99. The van der Waals surface area contributed by atoms with Gasteiger partial charge in [0, 0.05) is 17.9 Å². The van der Waals surface area contributed by atoms with Crippen LogP contribution in [0.4, 0.5) is 0 Å². The van der Waals surface area contributed by atoms with E-state index >= 15 is 0 Å². The predicted molar refractivity (Wildman–Crippen MR) is 74.1 cm³/mol. The molecule has 0 spiro atoms. The van der Waals surface area contributed by atoms with Gasteiger partial charge in [0.1, 0.15) is 0 Å². The van der Waals surface area contributed by atoms with Crippen LogP contribution in [0.5, 0.6) is 0 Å². The number of allylic oxidation sites excluding steroid dienone is 1. The van der Waals surface area contributed by atoms with Crippen LogP contribution in [0.15, 0.2) is 48.5 Å². The van der Waals surface area contributed by atoms with Crippen LogP contribution in [0.2, 0.25) is 0 Å². The third kappa shape index (κ3) is 2.68. The standard InChI is InChI=1S/C16H19N/c1-3-8-16-12-11-15(4-2)17(16)13-14-9-6-5-7-10-14/h3,5-12H,4,13H2,1-2H3/b8-3+. The number of aromatic nitrogens is 1. The molecule has 0 aliphatic carbocycles. The Kier molecular flexibility index (Phi) is 3.81. The summed E-state index contributed by atoms with van der Waals surface area (Å²) < 4.78 is 2.38. The van der Waals surface area contributed by atoms with E-state index in [0.717, 1.165) is 13.0 Å². The van der Waals surface area contributed by atoms with E-state index in [-0.39, 0.29) is 0 Å². The molecule has 1 aromatic heterocycles. The second-order valence-corrected chi connectivity index (χ2v) is 4.17. The van der Waals surface area contributed by atoms with E-state index in [2.05, 4.69) is 73.0 Å². The lowest BCUT2D eigenvalue weighted by Crippen LogP contribution is -2.05. The van der Waals surface area contributed by atoms with Crippen LogP contribution in [-0.4, -0.2) is 4.57 Å². The van der Waals surface area contributed by atoms with E-state index in [1.54, 1.807) is 0 Å². The van der Waals surface area contributed by atoms with Crippen LogP contribution in [0.1, 0.15) is 30.8 Å². The van der Waals surface area contributed by atoms with Gasteiger partial charge in [-0.3, -0.25) is 0 Å². The SMILES string of the molecule is C/C=C/c1ccc(CC)n1Cc1ccccc1. The Labute approximate surface area is 103 Å². The predicted octanol–water partition coefficient (Wildman–Crippen LogP) is 4.13. The normalized spacial score (nSPS) is 11.2. The lowest BCUT2D eigenvalue weighted by molar-refractivity contribution is 0.744. The minimum atomic E-state index is 0.955. The Morgan fingerprint density at radius 3 is 2.47 bits per heavy atom. The first kappa shape index (κ1) is 11.7. The minimum Gasteiger partial charge on any atom is -0.341 e. The van der Waals surface area contributed by atoms with Crippen LogP contribution >= 0.6 is 0 Å². The number of nitrogens with zero attached hydrogens (tertiary/aromatic N) is 1. The van der Waals surface area contributed by atoms with Gasteiger partial charge in [-0.15, -0.1) is 0 Å². The van der Waals surface area contributed by atoms with Crippen molar-refractivity contribution < 1.29 is 0 Å². The van der Waals surface area contributed by atoms with E-state index in [1.165, 1.54) is 17.0 Å². The summed E-state index contributed by atoms with van der Waals surface area (Å²) >= 11 is 0. The van der Waals surface area contributed by atoms with Crippen molar-refractivity contribution in [2.24, 2.45) is 0 Å². The second-order valence-electron chi connectivity index (χ2n) is 4.17.